The van der Waals surface area contributed by atoms with E-state index >= 15 is 0 Å². The molecule has 2 heterocycles. The molecule has 8 N–H and O–H groups in total. The van der Waals surface area contributed by atoms with Crippen LogP contribution in [0.1, 0.15) is 110 Å². The van der Waals surface area contributed by atoms with Crippen molar-refractivity contribution in [3.63, 3.8) is 0 Å². The van der Waals surface area contributed by atoms with Gasteiger partial charge in [-0.1, -0.05) is 92.6 Å². The van der Waals surface area contributed by atoms with Crippen molar-refractivity contribution in [1.82, 2.24) is 19.9 Å². The lowest BCUT2D eigenvalue weighted by molar-refractivity contribution is 0.566. The van der Waals surface area contributed by atoms with Gasteiger partial charge in [0.2, 0.25) is 0 Å². The van der Waals surface area contributed by atoms with Gasteiger partial charge in [0, 0.05) is 35.8 Å². The van der Waals surface area contributed by atoms with Gasteiger partial charge in [-0.3, -0.25) is 9.56 Å². The Morgan fingerprint density at radius 2 is 1.46 bits per heavy atom. The molecule has 9 nitrogen and oxygen atoms in total. The Hall–Kier alpha value is -3.95. The summed E-state index contributed by atoms with van der Waals surface area (Å²) in [4.78, 5) is 23.9. The number of nitrogens with zero attached hydrogens (tertiary/aromatic N) is 3. The van der Waals surface area contributed by atoms with Crippen LogP contribution in [0.25, 0.3) is 16.7 Å². The number of nitrogens with one attached hydrogen (secondary N) is 2. The monoisotopic (exact) mass is 656 g/mol. The third-order valence-corrected chi connectivity index (χ3v) is 8.31. The number of benzene rings is 2. The van der Waals surface area contributed by atoms with E-state index in [1.54, 1.807) is 4.57 Å². The summed E-state index contributed by atoms with van der Waals surface area (Å²) in [5.41, 5.74) is 24.2. The SMILES string of the molecule is CC(C)(C)c1cc(CCCCN)cc(C(C)(C)C)c1.CC(C)(C)c1cc2cn(-c3ccc(CNCCCN=C(N)N)cc3)c(=O)nc2[nH]1. The molecule has 0 amide bonds. The first-order chi connectivity index (χ1) is 22.4. The van der Waals surface area contributed by atoms with Crippen LogP contribution in [0.5, 0.6) is 0 Å². The minimum atomic E-state index is -0.301. The van der Waals surface area contributed by atoms with Gasteiger partial charge in [-0.15, -0.1) is 0 Å². The summed E-state index contributed by atoms with van der Waals surface area (Å²) < 4.78 is 1.58. The molecule has 0 fully saturated rings. The molecule has 0 radical (unpaired) electrons. The predicted octanol–water partition coefficient (Wildman–Crippen LogP) is 6.33. The Bertz CT molecular complexity index is 1660. The van der Waals surface area contributed by atoms with E-state index in [-0.39, 0.29) is 27.9 Å². The molecule has 48 heavy (non-hydrogen) atoms. The van der Waals surface area contributed by atoms with E-state index < -0.39 is 0 Å². The van der Waals surface area contributed by atoms with Gasteiger partial charge < -0.3 is 27.5 Å². The molecular formula is C39H60N8O. The van der Waals surface area contributed by atoms with Gasteiger partial charge >= 0.3 is 5.69 Å². The highest BCUT2D eigenvalue weighted by atomic mass is 16.1. The zero-order valence-electron chi connectivity index (χ0n) is 30.8. The fraction of sp³-hybridized carbons (Fsp3) is 0.513. The largest absolute Gasteiger partial charge is 0.370 e. The molecule has 0 saturated carbocycles. The van der Waals surface area contributed by atoms with Crippen molar-refractivity contribution in [2.75, 3.05) is 19.6 Å². The van der Waals surface area contributed by atoms with Crippen molar-refractivity contribution in [1.29, 1.82) is 0 Å². The summed E-state index contributed by atoms with van der Waals surface area (Å²) in [6.07, 6.45) is 6.15. The van der Waals surface area contributed by atoms with Crippen molar-refractivity contribution in [3.8, 4) is 5.69 Å². The lowest BCUT2D eigenvalue weighted by Gasteiger charge is -2.26. The second-order valence-electron chi connectivity index (χ2n) is 15.8. The molecule has 4 rings (SSSR count). The molecule has 4 aromatic rings. The summed E-state index contributed by atoms with van der Waals surface area (Å²) in [7, 11) is 0. The second kappa shape index (κ2) is 16.4. The van der Waals surface area contributed by atoms with Crippen LogP contribution in [0.4, 0.5) is 0 Å². The number of aromatic nitrogens is 3. The van der Waals surface area contributed by atoms with E-state index in [0.29, 0.717) is 12.2 Å². The number of hydrogen-bond donors (Lipinski definition) is 5. The summed E-state index contributed by atoms with van der Waals surface area (Å²) in [6, 6.07) is 17.1. The van der Waals surface area contributed by atoms with E-state index in [9.17, 15) is 4.79 Å². The maximum absolute atomic E-state index is 12.5. The number of hydrogen-bond acceptors (Lipinski definition) is 5. The first-order valence-electron chi connectivity index (χ1n) is 17.2. The highest BCUT2D eigenvalue weighted by Gasteiger charge is 2.20. The van der Waals surface area contributed by atoms with Crippen molar-refractivity contribution < 1.29 is 0 Å². The van der Waals surface area contributed by atoms with Gasteiger partial charge in [-0.2, -0.15) is 4.98 Å². The smallest absolute Gasteiger partial charge is 0.354 e. The molecule has 0 saturated heterocycles. The van der Waals surface area contributed by atoms with Gasteiger partial charge in [0.05, 0.1) is 5.69 Å². The Morgan fingerprint density at radius 3 is 2.00 bits per heavy atom. The van der Waals surface area contributed by atoms with E-state index in [1.807, 2.05) is 30.5 Å². The van der Waals surface area contributed by atoms with Crippen LogP contribution in [-0.4, -0.2) is 40.1 Å². The van der Waals surface area contributed by atoms with Gasteiger partial charge in [-0.25, -0.2) is 4.79 Å². The second-order valence-corrected chi connectivity index (χ2v) is 15.8. The van der Waals surface area contributed by atoms with Gasteiger partial charge in [0.1, 0.15) is 5.65 Å². The van der Waals surface area contributed by atoms with Crippen molar-refractivity contribution in [2.45, 2.75) is 111 Å². The van der Waals surface area contributed by atoms with Gasteiger partial charge in [0.25, 0.3) is 0 Å². The van der Waals surface area contributed by atoms with Crippen molar-refractivity contribution in [3.05, 3.63) is 93.2 Å². The number of H-pyrrole nitrogens is 1. The molecule has 2 aromatic heterocycles. The van der Waals surface area contributed by atoms with Gasteiger partial charge in [0.15, 0.2) is 5.96 Å². The number of aryl methyl sites for hydroxylation is 1. The maximum atomic E-state index is 12.5. The summed E-state index contributed by atoms with van der Waals surface area (Å²) in [5, 5.41) is 4.27. The van der Waals surface area contributed by atoms with Crippen LogP contribution >= 0.6 is 0 Å². The van der Waals surface area contributed by atoms with E-state index in [0.717, 1.165) is 61.2 Å². The third-order valence-electron chi connectivity index (χ3n) is 8.31. The molecule has 0 spiro atoms. The number of aliphatic imine (C=N–C) groups is 1. The van der Waals surface area contributed by atoms with Crippen LogP contribution < -0.4 is 28.2 Å². The number of nitrogens with two attached hydrogens (primary N) is 3. The Kier molecular flexibility index (Phi) is 13.2. The number of guanidine groups is 1. The molecule has 0 bridgehead atoms. The molecule has 0 aliphatic heterocycles. The molecule has 2 aromatic carbocycles. The van der Waals surface area contributed by atoms with E-state index in [4.69, 9.17) is 17.2 Å². The predicted molar refractivity (Wildman–Crippen MR) is 203 cm³/mol. The summed E-state index contributed by atoms with van der Waals surface area (Å²) in [5.74, 6) is 0.123. The quantitative estimate of drug-likeness (QED) is 0.0723. The zero-order valence-corrected chi connectivity index (χ0v) is 30.8. The number of unbranched alkanes of at least 4 members (excludes halogenated alkanes) is 1. The topological polar surface area (TPSA) is 153 Å². The summed E-state index contributed by atoms with van der Waals surface area (Å²) in [6.45, 7) is 23.1. The Balaban J connectivity index is 0.000000286. The van der Waals surface area contributed by atoms with Crippen LogP contribution in [0.2, 0.25) is 0 Å². The average Bonchev–Trinajstić information content (AvgIpc) is 3.42. The molecule has 0 aliphatic rings. The fourth-order valence-corrected chi connectivity index (χ4v) is 5.18. The van der Waals surface area contributed by atoms with Crippen LogP contribution in [0, 0.1) is 0 Å². The molecule has 0 unspecified atom stereocenters. The molecule has 9 heteroatoms. The molecular weight excluding hydrogens is 596 g/mol. The highest BCUT2D eigenvalue weighted by Crippen LogP contribution is 2.31. The Morgan fingerprint density at radius 1 is 0.833 bits per heavy atom. The Labute approximate surface area is 287 Å². The van der Waals surface area contributed by atoms with Crippen LogP contribution in [0.3, 0.4) is 0 Å². The maximum Gasteiger partial charge on any atom is 0.354 e. The zero-order chi connectivity index (χ0) is 35.7. The third kappa shape index (κ3) is 11.6. The van der Waals surface area contributed by atoms with Crippen LogP contribution in [-0.2, 0) is 29.2 Å². The highest BCUT2D eigenvalue weighted by molar-refractivity contribution is 5.76. The van der Waals surface area contributed by atoms with E-state index in [1.165, 1.54) is 23.1 Å². The minimum absolute atomic E-state index is 0.0352. The summed E-state index contributed by atoms with van der Waals surface area (Å²) >= 11 is 0. The first kappa shape index (κ1) is 38.5. The number of aromatic amines is 1. The van der Waals surface area contributed by atoms with E-state index in [2.05, 4.69) is 107 Å². The lowest BCUT2D eigenvalue weighted by Crippen LogP contribution is -2.23. The molecule has 0 aliphatic carbocycles. The van der Waals surface area contributed by atoms with Gasteiger partial charge in [-0.05, 0) is 90.1 Å². The average molecular weight is 657 g/mol. The standard InChI is InChI=1S/C21H29N7O.C18H31N/c1-21(2,3)17-11-15-13-28(20(29)27-18(15)26-17)16-7-5-14(6-8-16)12-24-9-4-10-25-19(22)23;1-17(2,3)15-11-14(9-7-8-10-19)12-16(13-15)18(4,5)6/h5-8,11,13,24H,4,9-10,12H2,1-3H3,(H4,22,23,25)(H,26,27,29);11-13H,7-10,19H2,1-6H3. The normalized spacial score (nSPS) is 12.1. The molecule has 262 valence electrons. The first-order valence-corrected chi connectivity index (χ1v) is 17.2. The van der Waals surface area contributed by atoms with Crippen molar-refractivity contribution >= 4 is 17.0 Å². The number of fused-ring (bicyclic) bond motifs is 1. The van der Waals surface area contributed by atoms with Crippen molar-refractivity contribution in [2.24, 2.45) is 22.2 Å². The fourth-order valence-electron chi connectivity index (χ4n) is 5.18. The lowest BCUT2D eigenvalue weighted by atomic mass is 9.79. The molecule has 0 atom stereocenters. The van der Waals surface area contributed by atoms with Crippen LogP contribution in [0.15, 0.2) is 64.5 Å². The number of rotatable bonds is 11. The minimum Gasteiger partial charge on any atom is -0.370 e.